The van der Waals surface area contributed by atoms with E-state index in [1.54, 1.807) is 6.92 Å². The number of nitrogens with two attached hydrogens (primary N) is 1. The zero-order valence-electron chi connectivity index (χ0n) is 15.1. The summed E-state index contributed by atoms with van der Waals surface area (Å²) in [7, 11) is 0. The van der Waals surface area contributed by atoms with E-state index in [1.165, 1.54) is 11.1 Å². The number of hydrogen-bond acceptors (Lipinski definition) is 4. The fourth-order valence-electron chi connectivity index (χ4n) is 2.76. The Morgan fingerprint density at radius 1 is 1.00 bits per heavy atom. The van der Waals surface area contributed by atoms with Gasteiger partial charge in [-0.1, -0.05) is 38.1 Å². The molecule has 0 amide bonds. The van der Waals surface area contributed by atoms with Crippen molar-refractivity contribution in [2.24, 2.45) is 5.73 Å². The number of benzene rings is 1. The van der Waals surface area contributed by atoms with Crippen LogP contribution in [0.25, 0.3) is 0 Å². The maximum atomic E-state index is 11.0. The topological polar surface area (TPSA) is 49.6 Å². The summed E-state index contributed by atoms with van der Waals surface area (Å²) in [6.45, 7) is 12.8. The van der Waals surface area contributed by atoms with E-state index in [2.05, 4.69) is 34.1 Å². The number of hydrogen-bond donors (Lipinski definition) is 1. The summed E-state index contributed by atoms with van der Waals surface area (Å²) in [6, 6.07) is 8.60. The number of nitrogens with zero attached hydrogens (tertiary/aromatic N) is 2. The summed E-state index contributed by atoms with van der Waals surface area (Å²) in [6.07, 6.45) is 1.71. The Kier molecular flexibility index (Phi) is 9.76. The fraction of sp³-hybridized carbons (Fsp3) is 0.632. The van der Waals surface area contributed by atoms with Crippen LogP contribution in [0, 0.1) is 0 Å². The molecule has 0 bridgehead atoms. The van der Waals surface area contributed by atoms with Gasteiger partial charge in [0.05, 0.1) is 0 Å². The first-order chi connectivity index (χ1) is 11.2. The van der Waals surface area contributed by atoms with E-state index in [0.29, 0.717) is 18.7 Å². The third kappa shape index (κ3) is 7.73. The van der Waals surface area contributed by atoms with Crippen LogP contribution in [0.5, 0.6) is 0 Å². The molecule has 0 atom stereocenters. The first kappa shape index (κ1) is 19.8. The highest BCUT2D eigenvalue weighted by molar-refractivity contribution is 5.75. The van der Waals surface area contributed by atoms with E-state index in [0.717, 1.165) is 45.7 Å². The Morgan fingerprint density at radius 3 is 2.04 bits per heavy atom. The highest BCUT2D eigenvalue weighted by atomic mass is 16.1. The third-order valence-electron chi connectivity index (χ3n) is 4.13. The maximum absolute atomic E-state index is 11.0. The second kappa shape index (κ2) is 11.3. The molecule has 1 aromatic rings. The van der Waals surface area contributed by atoms with Crippen molar-refractivity contribution in [1.82, 2.24) is 9.80 Å². The fourth-order valence-corrected chi connectivity index (χ4v) is 2.76. The lowest BCUT2D eigenvalue weighted by Crippen LogP contribution is -2.46. The van der Waals surface area contributed by atoms with E-state index in [1.807, 2.05) is 13.8 Å². The second-order valence-electron chi connectivity index (χ2n) is 5.94. The molecule has 0 aliphatic carbocycles. The van der Waals surface area contributed by atoms with Gasteiger partial charge in [0.2, 0.25) is 0 Å². The molecule has 1 fully saturated rings. The molecule has 0 aromatic heterocycles. The second-order valence-corrected chi connectivity index (χ2v) is 5.94. The predicted molar refractivity (Wildman–Crippen MR) is 97.3 cm³/mol. The quantitative estimate of drug-likeness (QED) is 0.839. The van der Waals surface area contributed by atoms with Gasteiger partial charge in [-0.25, -0.2) is 0 Å². The van der Waals surface area contributed by atoms with E-state index < -0.39 is 0 Å². The summed E-state index contributed by atoms with van der Waals surface area (Å²) in [5, 5.41) is 0. The van der Waals surface area contributed by atoms with Crippen LogP contribution < -0.4 is 5.73 Å². The van der Waals surface area contributed by atoms with E-state index >= 15 is 0 Å². The molecule has 23 heavy (non-hydrogen) atoms. The largest absolute Gasteiger partial charge is 0.326 e. The molecule has 2 N–H and O–H groups in total. The zero-order chi connectivity index (χ0) is 17.1. The highest BCUT2D eigenvalue weighted by Crippen LogP contribution is 2.10. The van der Waals surface area contributed by atoms with Crippen LogP contribution in [-0.4, -0.2) is 48.3 Å². The van der Waals surface area contributed by atoms with Gasteiger partial charge in [-0.05, 0) is 31.0 Å². The average Bonchev–Trinajstić information content (AvgIpc) is 2.59. The summed E-state index contributed by atoms with van der Waals surface area (Å²) >= 11 is 0. The number of piperazine rings is 1. The Bertz CT molecular complexity index is 436. The molecule has 2 rings (SSSR count). The molecule has 0 radical (unpaired) electrons. The minimum atomic E-state index is 0.301. The van der Waals surface area contributed by atoms with Crippen LogP contribution in [0.1, 0.15) is 44.7 Å². The molecule has 1 aromatic carbocycles. The van der Waals surface area contributed by atoms with Gasteiger partial charge in [0, 0.05) is 45.7 Å². The maximum Gasteiger partial charge on any atom is 0.129 e. The van der Waals surface area contributed by atoms with E-state index in [-0.39, 0.29) is 0 Å². The predicted octanol–water partition coefficient (Wildman–Crippen LogP) is 2.66. The van der Waals surface area contributed by atoms with Crippen molar-refractivity contribution >= 4 is 5.78 Å². The molecule has 0 spiro atoms. The molecule has 1 aliphatic rings. The molecule has 4 nitrogen and oxygen atoms in total. The Labute approximate surface area is 141 Å². The lowest BCUT2D eigenvalue weighted by atomic mass is 10.1. The van der Waals surface area contributed by atoms with Gasteiger partial charge in [-0.3, -0.25) is 4.90 Å². The van der Waals surface area contributed by atoms with Gasteiger partial charge in [0.1, 0.15) is 5.78 Å². The molecule has 4 heteroatoms. The van der Waals surface area contributed by atoms with Crippen molar-refractivity contribution in [2.45, 2.75) is 46.7 Å². The molecule has 0 unspecified atom stereocenters. The molecule has 1 heterocycles. The van der Waals surface area contributed by atoms with Crippen LogP contribution in [0.3, 0.4) is 0 Å². The monoisotopic (exact) mass is 319 g/mol. The smallest absolute Gasteiger partial charge is 0.129 e. The standard InChI is InChI=1S/C17H27N3O.C2H6/c1-15(21)3-2-8-19-9-11-20(12-10-19)14-17-6-4-16(13-18)5-7-17;1-2/h4-7H,2-3,8-14,18H2,1H3;1-2H3. The molecular weight excluding hydrogens is 286 g/mol. The van der Waals surface area contributed by atoms with Crippen molar-refractivity contribution in [1.29, 1.82) is 0 Å². The van der Waals surface area contributed by atoms with Crippen LogP contribution in [0.4, 0.5) is 0 Å². The first-order valence-corrected chi connectivity index (χ1v) is 8.89. The van der Waals surface area contributed by atoms with Gasteiger partial charge in [-0.15, -0.1) is 0 Å². The number of Topliss-reactive ketones (excluding diaryl/α,β-unsaturated/α-hetero) is 1. The van der Waals surface area contributed by atoms with Crippen LogP contribution in [-0.2, 0) is 17.9 Å². The summed E-state index contributed by atoms with van der Waals surface area (Å²) in [5.41, 5.74) is 8.17. The Hall–Kier alpha value is -1.23. The summed E-state index contributed by atoms with van der Waals surface area (Å²) in [5.74, 6) is 0.301. The minimum Gasteiger partial charge on any atom is -0.326 e. The number of carbonyl (C=O) groups excluding carboxylic acids is 1. The Balaban J connectivity index is 0.00000127. The minimum absolute atomic E-state index is 0.301. The number of carbonyl (C=O) groups is 1. The SMILES string of the molecule is CC.CC(=O)CCCN1CCN(Cc2ccc(CN)cc2)CC1. The van der Waals surface area contributed by atoms with Gasteiger partial charge in [0.15, 0.2) is 0 Å². The van der Waals surface area contributed by atoms with Crippen molar-refractivity contribution in [2.75, 3.05) is 32.7 Å². The van der Waals surface area contributed by atoms with Crippen LogP contribution in [0.2, 0.25) is 0 Å². The third-order valence-corrected chi connectivity index (χ3v) is 4.13. The van der Waals surface area contributed by atoms with Gasteiger partial charge in [0.25, 0.3) is 0 Å². The van der Waals surface area contributed by atoms with Crippen molar-refractivity contribution in [3.05, 3.63) is 35.4 Å². The average molecular weight is 319 g/mol. The highest BCUT2D eigenvalue weighted by Gasteiger charge is 2.16. The van der Waals surface area contributed by atoms with Crippen LogP contribution in [0.15, 0.2) is 24.3 Å². The lowest BCUT2D eigenvalue weighted by Gasteiger charge is -2.34. The normalized spacial score (nSPS) is 15.8. The molecule has 1 aliphatic heterocycles. The summed E-state index contributed by atoms with van der Waals surface area (Å²) < 4.78 is 0. The Morgan fingerprint density at radius 2 is 1.52 bits per heavy atom. The van der Waals surface area contributed by atoms with Gasteiger partial charge >= 0.3 is 0 Å². The van der Waals surface area contributed by atoms with Gasteiger partial charge < -0.3 is 15.4 Å². The van der Waals surface area contributed by atoms with Crippen molar-refractivity contribution in [3.63, 3.8) is 0 Å². The molecule has 130 valence electrons. The first-order valence-electron chi connectivity index (χ1n) is 8.89. The number of rotatable bonds is 7. The van der Waals surface area contributed by atoms with E-state index in [4.69, 9.17) is 5.73 Å². The van der Waals surface area contributed by atoms with Gasteiger partial charge in [-0.2, -0.15) is 0 Å². The molecular formula is C19H33N3O. The molecule has 1 saturated heterocycles. The molecule has 0 saturated carbocycles. The number of ketones is 1. The lowest BCUT2D eigenvalue weighted by molar-refractivity contribution is -0.117. The van der Waals surface area contributed by atoms with Crippen molar-refractivity contribution < 1.29 is 4.79 Å². The summed E-state index contributed by atoms with van der Waals surface area (Å²) in [4.78, 5) is 15.9. The van der Waals surface area contributed by atoms with Crippen LogP contribution >= 0.6 is 0 Å². The van der Waals surface area contributed by atoms with E-state index in [9.17, 15) is 4.79 Å². The van der Waals surface area contributed by atoms with Crippen molar-refractivity contribution in [3.8, 4) is 0 Å². The zero-order valence-corrected chi connectivity index (χ0v) is 15.1.